The number of hydrogen-bond donors (Lipinski definition) is 1. The monoisotopic (exact) mass is 280 g/mol. The first-order chi connectivity index (χ1) is 9.08. The Kier molecular flexibility index (Phi) is 4.76. The molecule has 0 saturated carbocycles. The summed E-state index contributed by atoms with van der Waals surface area (Å²) in [6.07, 6.45) is 0. The van der Waals surface area contributed by atoms with Gasteiger partial charge in [-0.05, 0) is 26.3 Å². The van der Waals surface area contributed by atoms with Gasteiger partial charge in [-0.15, -0.1) is 0 Å². The van der Waals surface area contributed by atoms with Crippen molar-refractivity contribution >= 4 is 17.7 Å². The van der Waals surface area contributed by atoms with Crippen molar-refractivity contribution < 1.29 is 4.79 Å². The summed E-state index contributed by atoms with van der Waals surface area (Å²) in [6, 6.07) is 0. The van der Waals surface area contributed by atoms with Crippen molar-refractivity contribution in [3.8, 4) is 0 Å². The number of nitrogens with one attached hydrogen (secondary N) is 1. The zero-order valence-electron chi connectivity index (χ0n) is 11.7. The first kappa shape index (κ1) is 14.3. The zero-order valence-corrected chi connectivity index (χ0v) is 12.5. The quantitative estimate of drug-likeness (QED) is 0.659. The third kappa shape index (κ3) is 3.67. The highest BCUT2D eigenvalue weighted by atomic mass is 32.2. The third-order valence-corrected chi connectivity index (χ3v) is 4.24. The summed E-state index contributed by atoms with van der Waals surface area (Å²) >= 11 is 1.43. The van der Waals surface area contributed by atoms with Gasteiger partial charge in [-0.2, -0.15) is 0 Å². The minimum absolute atomic E-state index is 0.172. The van der Waals surface area contributed by atoms with Gasteiger partial charge in [0.1, 0.15) is 0 Å². The van der Waals surface area contributed by atoms with E-state index in [9.17, 15) is 4.79 Å². The van der Waals surface area contributed by atoms with Crippen LogP contribution in [0.4, 0.5) is 0 Å². The lowest BCUT2D eigenvalue weighted by atomic mass is 10.2. The number of carbonyl (C=O) groups is 1. The average molecular weight is 280 g/mol. The first-order valence-corrected chi connectivity index (χ1v) is 7.49. The van der Waals surface area contributed by atoms with Gasteiger partial charge in [0.05, 0.1) is 5.75 Å². The molecule has 0 aliphatic carbocycles. The molecule has 1 fully saturated rings. The van der Waals surface area contributed by atoms with Gasteiger partial charge in [0, 0.05) is 37.6 Å². The number of aromatic nitrogens is 2. The molecule has 0 spiro atoms. The third-order valence-electron chi connectivity index (χ3n) is 3.41. The van der Waals surface area contributed by atoms with Gasteiger partial charge in [0.2, 0.25) is 5.91 Å². The Labute approximate surface area is 118 Å². The lowest BCUT2D eigenvalue weighted by Crippen LogP contribution is -2.47. The molecule has 5 nitrogen and oxygen atoms in total. The zero-order chi connectivity index (χ0) is 13.8. The van der Waals surface area contributed by atoms with Crippen molar-refractivity contribution in [2.24, 2.45) is 0 Å². The molecule has 6 heteroatoms. The van der Waals surface area contributed by atoms with E-state index < -0.39 is 0 Å². The Morgan fingerprint density at radius 2 is 1.79 bits per heavy atom. The molecule has 1 saturated heterocycles. The molecule has 19 heavy (non-hydrogen) atoms. The Balaban J connectivity index is 1.93. The molecular formula is C13H20N4OS. The van der Waals surface area contributed by atoms with E-state index in [2.05, 4.69) is 15.3 Å². The molecule has 0 aromatic carbocycles. The topological polar surface area (TPSA) is 58.1 Å². The number of hydrogen-bond acceptors (Lipinski definition) is 5. The highest BCUT2D eigenvalue weighted by Gasteiger charge is 2.17. The smallest absolute Gasteiger partial charge is 0.233 e. The van der Waals surface area contributed by atoms with E-state index >= 15 is 0 Å². The molecule has 1 aromatic rings. The summed E-state index contributed by atoms with van der Waals surface area (Å²) in [5.74, 6) is 0.591. The van der Waals surface area contributed by atoms with Crippen LogP contribution in [0.3, 0.4) is 0 Å². The fourth-order valence-electron chi connectivity index (χ4n) is 1.94. The number of carbonyl (C=O) groups excluding carboxylic acids is 1. The predicted molar refractivity (Wildman–Crippen MR) is 76.4 cm³/mol. The van der Waals surface area contributed by atoms with E-state index in [4.69, 9.17) is 0 Å². The van der Waals surface area contributed by atoms with Crippen LogP contribution in [0.15, 0.2) is 5.16 Å². The number of nitrogens with zero attached hydrogens (tertiary/aromatic N) is 3. The van der Waals surface area contributed by atoms with Gasteiger partial charge < -0.3 is 10.2 Å². The van der Waals surface area contributed by atoms with Crippen LogP contribution in [0.5, 0.6) is 0 Å². The Hall–Kier alpha value is -1.14. The number of rotatable bonds is 3. The average Bonchev–Trinajstić information content (AvgIpc) is 2.43. The second kappa shape index (κ2) is 6.34. The molecule has 0 unspecified atom stereocenters. The number of thioether (sulfide) groups is 1. The van der Waals surface area contributed by atoms with E-state index in [0.717, 1.165) is 43.1 Å². The number of amides is 1. The predicted octanol–water partition coefficient (Wildman–Crippen LogP) is 0.926. The molecule has 0 atom stereocenters. The van der Waals surface area contributed by atoms with Crippen molar-refractivity contribution in [1.82, 2.24) is 20.2 Å². The fourth-order valence-corrected chi connectivity index (χ4v) is 2.78. The maximum Gasteiger partial charge on any atom is 0.233 e. The van der Waals surface area contributed by atoms with Crippen LogP contribution in [-0.2, 0) is 4.79 Å². The first-order valence-electron chi connectivity index (χ1n) is 6.51. The molecule has 0 bridgehead atoms. The van der Waals surface area contributed by atoms with E-state index in [-0.39, 0.29) is 5.91 Å². The Morgan fingerprint density at radius 1 is 1.21 bits per heavy atom. The van der Waals surface area contributed by atoms with E-state index in [0.29, 0.717) is 10.9 Å². The summed E-state index contributed by atoms with van der Waals surface area (Å²) in [6.45, 7) is 9.34. The van der Waals surface area contributed by atoms with Gasteiger partial charge in [-0.1, -0.05) is 11.8 Å². The molecule has 1 N–H and O–H groups in total. The summed E-state index contributed by atoms with van der Waals surface area (Å²) in [5.41, 5.74) is 3.10. The van der Waals surface area contributed by atoms with Crippen LogP contribution < -0.4 is 5.32 Å². The van der Waals surface area contributed by atoms with Gasteiger partial charge in [0.15, 0.2) is 5.16 Å². The molecule has 2 heterocycles. The molecule has 1 amide bonds. The normalized spacial score (nSPS) is 15.6. The molecule has 0 radical (unpaired) electrons. The van der Waals surface area contributed by atoms with Gasteiger partial charge >= 0.3 is 0 Å². The summed E-state index contributed by atoms with van der Waals surface area (Å²) < 4.78 is 0. The minimum Gasteiger partial charge on any atom is -0.339 e. The lowest BCUT2D eigenvalue weighted by Gasteiger charge is -2.27. The van der Waals surface area contributed by atoms with Gasteiger partial charge in [0.25, 0.3) is 0 Å². The van der Waals surface area contributed by atoms with Gasteiger partial charge in [-0.3, -0.25) is 4.79 Å². The van der Waals surface area contributed by atoms with Crippen LogP contribution in [0, 0.1) is 20.8 Å². The highest BCUT2D eigenvalue weighted by molar-refractivity contribution is 7.99. The summed E-state index contributed by atoms with van der Waals surface area (Å²) in [4.78, 5) is 22.8. The largest absolute Gasteiger partial charge is 0.339 e. The van der Waals surface area contributed by atoms with Crippen molar-refractivity contribution in [1.29, 1.82) is 0 Å². The van der Waals surface area contributed by atoms with Crippen molar-refractivity contribution in [3.63, 3.8) is 0 Å². The summed E-state index contributed by atoms with van der Waals surface area (Å²) in [5, 5.41) is 3.94. The van der Waals surface area contributed by atoms with Crippen LogP contribution >= 0.6 is 11.8 Å². The molecular weight excluding hydrogens is 260 g/mol. The number of aryl methyl sites for hydroxylation is 2. The maximum atomic E-state index is 12.0. The lowest BCUT2D eigenvalue weighted by molar-refractivity contribution is -0.128. The maximum absolute atomic E-state index is 12.0. The molecule has 1 aliphatic rings. The van der Waals surface area contributed by atoms with E-state index in [1.54, 1.807) is 0 Å². The number of piperazine rings is 1. The van der Waals surface area contributed by atoms with Crippen LogP contribution in [0.2, 0.25) is 0 Å². The van der Waals surface area contributed by atoms with Crippen molar-refractivity contribution in [2.75, 3.05) is 31.9 Å². The molecule has 2 rings (SSSR count). The van der Waals surface area contributed by atoms with Crippen LogP contribution in [0.25, 0.3) is 0 Å². The van der Waals surface area contributed by atoms with Crippen LogP contribution in [-0.4, -0.2) is 52.7 Å². The fraction of sp³-hybridized carbons (Fsp3) is 0.615. The molecule has 1 aromatic heterocycles. The van der Waals surface area contributed by atoms with E-state index in [1.807, 2.05) is 25.7 Å². The Bertz CT molecular complexity index is 449. The van der Waals surface area contributed by atoms with Crippen molar-refractivity contribution in [3.05, 3.63) is 17.0 Å². The highest BCUT2D eigenvalue weighted by Crippen LogP contribution is 2.17. The van der Waals surface area contributed by atoms with Crippen LogP contribution in [0.1, 0.15) is 17.0 Å². The van der Waals surface area contributed by atoms with Crippen molar-refractivity contribution in [2.45, 2.75) is 25.9 Å². The second-order valence-electron chi connectivity index (χ2n) is 4.72. The van der Waals surface area contributed by atoms with Gasteiger partial charge in [-0.25, -0.2) is 9.97 Å². The van der Waals surface area contributed by atoms with E-state index in [1.165, 1.54) is 11.8 Å². The standard InChI is InChI=1S/C13H20N4OS/c1-9-10(2)15-13(16-11(9)3)19-8-12(18)17-6-4-14-5-7-17/h14H,4-8H2,1-3H3. The summed E-state index contributed by atoms with van der Waals surface area (Å²) in [7, 11) is 0. The Morgan fingerprint density at radius 3 is 2.37 bits per heavy atom. The minimum atomic E-state index is 0.172. The SMILES string of the molecule is Cc1nc(SCC(=O)N2CCNCC2)nc(C)c1C. The molecule has 1 aliphatic heterocycles. The second-order valence-corrected chi connectivity index (χ2v) is 5.66. The molecule has 104 valence electrons.